The van der Waals surface area contributed by atoms with Gasteiger partial charge in [0, 0.05) is 25.1 Å². The smallest absolute Gasteiger partial charge is 0.244 e. The van der Waals surface area contributed by atoms with Crippen molar-refractivity contribution < 1.29 is 27.5 Å². The van der Waals surface area contributed by atoms with Crippen LogP contribution in [0.15, 0.2) is 66.7 Å². The Morgan fingerprint density at radius 1 is 0.907 bits per heavy atom. The second-order valence-corrected chi connectivity index (χ2v) is 12.8. The molecule has 232 valence electrons. The summed E-state index contributed by atoms with van der Waals surface area (Å²) >= 11 is 12.4. The molecule has 0 aromatic heterocycles. The average Bonchev–Trinajstić information content (AvgIpc) is 2.98. The Kier molecular flexibility index (Phi) is 12.1. The Hall–Kier alpha value is -3.47. The van der Waals surface area contributed by atoms with Crippen LogP contribution in [0.3, 0.4) is 0 Å². The summed E-state index contributed by atoms with van der Waals surface area (Å²) in [5.74, 6) is -0.254. The summed E-state index contributed by atoms with van der Waals surface area (Å²) in [6.07, 6.45) is 1.90. The first-order valence-electron chi connectivity index (χ1n) is 13.6. The molecule has 0 heterocycles. The molecule has 0 fully saturated rings. The molecule has 0 aliphatic rings. The summed E-state index contributed by atoms with van der Waals surface area (Å²) in [7, 11) is -1.06. The molecule has 0 spiro atoms. The monoisotopic (exact) mass is 649 g/mol. The van der Waals surface area contributed by atoms with Crippen molar-refractivity contribution in [3.63, 3.8) is 0 Å². The molecule has 2 atom stereocenters. The first-order chi connectivity index (χ1) is 20.4. The third-order valence-electron chi connectivity index (χ3n) is 6.94. The number of carbonyl (C=O) groups excluding carboxylic acids is 2. The molecule has 0 aliphatic carbocycles. The lowest BCUT2D eigenvalue weighted by Gasteiger charge is -2.34. The van der Waals surface area contributed by atoms with Gasteiger partial charge in [0.25, 0.3) is 0 Å². The number of anilines is 1. The Labute approximate surface area is 263 Å². The molecule has 2 amide bonds. The number of carbonyl (C=O) groups is 2. The topological polar surface area (TPSA) is 105 Å². The van der Waals surface area contributed by atoms with Gasteiger partial charge in [-0.2, -0.15) is 0 Å². The number of halogens is 2. The molecular formula is C31H37Cl2N3O6S. The van der Waals surface area contributed by atoms with Crippen molar-refractivity contribution in [3.05, 3.63) is 87.9 Å². The maximum absolute atomic E-state index is 14.2. The van der Waals surface area contributed by atoms with Crippen molar-refractivity contribution >= 4 is 50.7 Å². The van der Waals surface area contributed by atoms with Crippen molar-refractivity contribution in [2.24, 2.45) is 0 Å². The van der Waals surface area contributed by atoms with Gasteiger partial charge in [0.2, 0.25) is 21.8 Å². The van der Waals surface area contributed by atoms with E-state index in [1.807, 2.05) is 44.2 Å². The lowest BCUT2D eigenvalue weighted by molar-refractivity contribution is -0.140. The van der Waals surface area contributed by atoms with Crippen molar-refractivity contribution in [3.8, 4) is 11.5 Å². The molecule has 3 rings (SSSR count). The number of methoxy groups -OCH3 is 2. The Bertz CT molecular complexity index is 1520. The molecule has 0 saturated heterocycles. The van der Waals surface area contributed by atoms with Crippen LogP contribution < -0.4 is 19.1 Å². The van der Waals surface area contributed by atoms with Crippen LogP contribution in [0.2, 0.25) is 10.0 Å². The lowest BCUT2D eigenvalue weighted by atomic mass is 10.0. The summed E-state index contributed by atoms with van der Waals surface area (Å²) < 4.78 is 37.7. The number of nitrogens with one attached hydrogen (secondary N) is 1. The molecule has 0 saturated carbocycles. The zero-order valence-corrected chi connectivity index (χ0v) is 27.2. The van der Waals surface area contributed by atoms with Crippen molar-refractivity contribution in [2.75, 3.05) is 31.3 Å². The van der Waals surface area contributed by atoms with Crippen LogP contribution in [-0.4, -0.2) is 64.2 Å². The van der Waals surface area contributed by atoms with Crippen LogP contribution in [0.5, 0.6) is 11.5 Å². The van der Waals surface area contributed by atoms with E-state index in [0.29, 0.717) is 33.5 Å². The first-order valence-corrected chi connectivity index (χ1v) is 16.3. The SMILES string of the molecule is CC[C@@H](C)NC(=O)[C@@H](Cc1ccccc1)N(Cc1ccc(Cl)c(Cl)c1)C(=O)CN(c1ccc(OC)c(OC)c1)S(C)(=O)=O. The van der Waals surface area contributed by atoms with Gasteiger partial charge in [0.05, 0.1) is 36.2 Å². The fourth-order valence-corrected chi connectivity index (χ4v) is 5.59. The largest absolute Gasteiger partial charge is 0.493 e. The summed E-state index contributed by atoms with van der Waals surface area (Å²) in [6, 6.07) is 17.7. The van der Waals surface area contributed by atoms with Gasteiger partial charge in [0.1, 0.15) is 12.6 Å². The van der Waals surface area contributed by atoms with E-state index in [9.17, 15) is 18.0 Å². The standard InChI is InChI=1S/C31H37Cl2N3O6S/c1-6-21(2)34-31(38)27(17-22-10-8-7-9-11-22)35(19-23-12-14-25(32)26(33)16-23)30(37)20-36(43(5,39)40)24-13-15-28(41-3)29(18-24)42-4/h7-16,18,21,27H,6,17,19-20H2,1-5H3,(H,34,38)/t21-,27-/m1/s1. The molecule has 0 radical (unpaired) electrons. The van der Waals surface area contributed by atoms with Gasteiger partial charge in [-0.25, -0.2) is 8.42 Å². The van der Waals surface area contributed by atoms with Crippen molar-refractivity contribution in [1.82, 2.24) is 10.2 Å². The first kappa shape index (κ1) is 34.0. The number of benzene rings is 3. The third kappa shape index (κ3) is 9.26. The molecule has 0 unspecified atom stereocenters. The maximum Gasteiger partial charge on any atom is 0.244 e. The molecular weight excluding hydrogens is 613 g/mol. The van der Waals surface area contributed by atoms with Crippen LogP contribution in [0.1, 0.15) is 31.4 Å². The zero-order chi connectivity index (χ0) is 31.7. The minimum Gasteiger partial charge on any atom is -0.493 e. The average molecular weight is 651 g/mol. The fourth-order valence-electron chi connectivity index (χ4n) is 4.42. The number of rotatable bonds is 14. The Morgan fingerprint density at radius 2 is 1.58 bits per heavy atom. The van der Waals surface area contributed by atoms with Crippen LogP contribution in [0.25, 0.3) is 0 Å². The van der Waals surface area contributed by atoms with Gasteiger partial charge >= 0.3 is 0 Å². The highest BCUT2D eigenvalue weighted by Crippen LogP contribution is 2.33. The fraction of sp³-hybridized carbons (Fsp3) is 0.355. The number of hydrogen-bond acceptors (Lipinski definition) is 6. The Morgan fingerprint density at radius 3 is 2.16 bits per heavy atom. The molecule has 43 heavy (non-hydrogen) atoms. The van der Waals surface area contributed by atoms with E-state index in [1.54, 1.807) is 24.3 Å². The van der Waals surface area contributed by atoms with Crippen LogP contribution in [0.4, 0.5) is 5.69 Å². The predicted molar refractivity (Wildman–Crippen MR) is 171 cm³/mol. The number of nitrogens with zero attached hydrogens (tertiary/aromatic N) is 2. The van der Waals surface area contributed by atoms with Crippen molar-refractivity contribution in [2.45, 2.75) is 45.3 Å². The third-order valence-corrected chi connectivity index (χ3v) is 8.82. The van der Waals surface area contributed by atoms with E-state index in [4.69, 9.17) is 32.7 Å². The van der Waals surface area contributed by atoms with E-state index in [1.165, 1.54) is 31.3 Å². The summed E-state index contributed by atoms with van der Waals surface area (Å²) in [6.45, 7) is 3.23. The van der Waals surface area contributed by atoms with Gasteiger partial charge < -0.3 is 19.7 Å². The highest BCUT2D eigenvalue weighted by atomic mass is 35.5. The minimum atomic E-state index is -3.95. The minimum absolute atomic E-state index is 0.0231. The molecule has 3 aromatic carbocycles. The second kappa shape index (κ2) is 15.3. The van der Waals surface area contributed by atoms with Crippen LogP contribution >= 0.6 is 23.2 Å². The molecule has 0 aliphatic heterocycles. The predicted octanol–water partition coefficient (Wildman–Crippen LogP) is 5.33. The molecule has 0 bridgehead atoms. The zero-order valence-electron chi connectivity index (χ0n) is 24.8. The van der Waals surface area contributed by atoms with E-state index in [0.717, 1.165) is 16.1 Å². The molecule has 12 heteroatoms. The quantitative estimate of drug-likeness (QED) is 0.253. The van der Waals surface area contributed by atoms with Crippen LogP contribution in [0, 0.1) is 0 Å². The number of amides is 2. The van der Waals surface area contributed by atoms with E-state index in [2.05, 4.69) is 5.32 Å². The van der Waals surface area contributed by atoms with Gasteiger partial charge in [-0.05, 0) is 48.7 Å². The van der Waals surface area contributed by atoms with E-state index < -0.39 is 28.5 Å². The Balaban J connectivity index is 2.10. The number of hydrogen-bond donors (Lipinski definition) is 1. The van der Waals surface area contributed by atoms with Crippen molar-refractivity contribution in [1.29, 1.82) is 0 Å². The molecule has 9 nitrogen and oxygen atoms in total. The summed E-state index contributed by atoms with van der Waals surface area (Å²) in [5.41, 5.74) is 1.65. The lowest BCUT2D eigenvalue weighted by Crippen LogP contribution is -2.54. The highest BCUT2D eigenvalue weighted by Gasteiger charge is 2.33. The molecule has 3 aromatic rings. The maximum atomic E-state index is 14.2. The van der Waals surface area contributed by atoms with Gasteiger partial charge in [-0.15, -0.1) is 0 Å². The molecule has 1 N–H and O–H groups in total. The van der Waals surface area contributed by atoms with Crippen LogP contribution in [-0.2, 0) is 32.6 Å². The number of sulfonamides is 1. The van der Waals surface area contributed by atoms with Gasteiger partial charge in [-0.3, -0.25) is 13.9 Å². The van der Waals surface area contributed by atoms with Gasteiger partial charge in [0.15, 0.2) is 11.5 Å². The van der Waals surface area contributed by atoms with Gasteiger partial charge in [-0.1, -0.05) is 66.5 Å². The van der Waals surface area contributed by atoms with E-state index in [-0.39, 0.29) is 30.6 Å². The summed E-state index contributed by atoms with van der Waals surface area (Å²) in [5, 5.41) is 3.63. The number of ether oxygens (including phenoxy) is 2. The van der Waals surface area contributed by atoms with E-state index >= 15 is 0 Å². The second-order valence-electron chi connectivity index (χ2n) is 10.1. The normalized spacial score (nSPS) is 12.6. The summed E-state index contributed by atoms with van der Waals surface area (Å²) in [4.78, 5) is 29.4. The highest BCUT2D eigenvalue weighted by molar-refractivity contribution is 7.92.